The number of hydrogen-bond donors (Lipinski definition) is 1. The molecule has 0 radical (unpaired) electrons. The van der Waals surface area contributed by atoms with Crippen LogP contribution in [-0.4, -0.2) is 27.9 Å². The van der Waals surface area contributed by atoms with E-state index in [4.69, 9.17) is 0 Å². The highest BCUT2D eigenvalue weighted by Crippen LogP contribution is 2.19. The summed E-state index contributed by atoms with van der Waals surface area (Å²) in [5.74, 6) is -0.478. The average molecular weight is 275 g/mol. The summed E-state index contributed by atoms with van der Waals surface area (Å²) in [4.78, 5) is 11.9. The van der Waals surface area contributed by atoms with E-state index in [1.165, 1.54) is 12.3 Å². The molecule has 1 aliphatic rings. The molecule has 1 fully saturated rings. The number of rotatable bonds is 3. The van der Waals surface area contributed by atoms with Gasteiger partial charge in [0.1, 0.15) is 12.2 Å². The van der Waals surface area contributed by atoms with Crippen LogP contribution in [0.3, 0.4) is 0 Å². The molecule has 1 amide bonds. The van der Waals surface area contributed by atoms with Gasteiger partial charge in [-0.05, 0) is 18.9 Å². The summed E-state index contributed by atoms with van der Waals surface area (Å²) in [6.45, 7) is -1.24. The molecule has 1 aliphatic carbocycles. The third kappa shape index (κ3) is 3.97. The van der Waals surface area contributed by atoms with Crippen molar-refractivity contribution >= 4 is 5.91 Å². The summed E-state index contributed by atoms with van der Waals surface area (Å²) >= 11 is 0. The fourth-order valence-electron chi connectivity index (χ4n) is 2.33. The maximum atomic E-state index is 12.3. The Morgan fingerprint density at radius 2 is 2.05 bits per heavy atom. The predicted molar refractivity (Wildman–Crippen MR) is 62.6 cm³/mol. The summed E-state index contributed by atoms with van der Waals surface area (Å²) in [5.41, 5.74) is -0.0390. The molecule has 0 unspecified atom stereocenters. The maximum Gasteiger partial charge on any atom is 0.408 e. The predicted octanol–water partition coefficient (Wildman–Crippen LogP) is 2.51. The Bertz CT molecular complexity index is 436. The molecule has 2 rings (SSSR count). The van der Waals surface area contributed by atoms with Crippen LogP contribution in [-0.2, 0) is 6.54 Å². The molecule has 0 aliphatic heterocycles. The van der Waals surface area contributed by atoms with Crippen LogP contribution in [0.5, 0.6) is 0 Å². The zero-order chi connectivity index (χ0) is 13.9. The lowest BCUT2D eigenvalue weighted by Gasteiger charge is -2.22. The van der Waals surface area contributed by atoms with Crippen molar-refractivity contribution in [3.05, 3.63) is 18.0 Å². The third-order valence-electron chi connectivity index (χ3n) is 3.22. The smallest absolute Gasteiger partial charge is 0.348 e. The lowest BCUT2D eigenvalue weighted by molar-refractivity contribution is -0.142. The number of halogens is 3. The summed E-state index contributed by atoms with van der Waals surface area (Å²) in [7, 11) is 0. The Kier molecular flexibility index (Phi) is 4.11. The number of amides is 1. The number of nitrogens with one attached hydrogen (secondary N) is 1. The van der Waals surface area contributed by atoms with Crippen LogP contribution in [0, 0.1) is 0 Å². The van der Waals surface area contributed by atoms with Gasteiger partial charge in [-0.15, -0.1) is 0 Å². The molecule has 1 N–H and O–H groups in total. The van der Waals surface area contributed by atoms with E-state index in [0.29, 0.717) is 4.68 Å². The first-order chi connectivity index (χ1) is 8.96. The van der Waals surface area contributed by atoms with E-state index in [-0.39, 0.29) is 11.7 Å². The van der Waals surface area contributed by atoms with Crippen molar-refractivity contribution in [2.75, 3.05) is 0 Å². The number of carbonyl (C=O) groups excluding carboxylic acids is 1. The summed E-state index contributed by atoms with van der Waals surface area (Å²) in [6.07, 6.45) is 1.85. The van der Waals surface area contributed by atoms with Gasteiger partial charge in [0.2, 0.25) is 0 Å². The molecule has 7 heteroatoms. The molecule has 0 spiro atoms. The van der Waals surface area contributed by atoms with Crippen LogP contribution in [0.2, 0.25) is 0 Å². The summed E-state index contributed by atoms with van der Waals surface area (Å²) in [6, 6.07) is 1.37. The molecule has 0 saturated heterocycles. The molecule has 0 atom stereocenters. The molecule has 4 nitrogen and oxygen atoms in total. The fraction of sp³-hybridized carbons (Fsp3) is 0.667. The highest BCUT2D eigenvalue weighted by Gasteiger charge is 2.30. The first-order valence-corrected chi connectivity index (χ1v) is 6.35. The average Bonchev–Trinajstić information content (AvgIpc) is 2.76. The zero-order valence-electron chi connectivity index (χ0n) is 10.4. The SMILES string of the molecule is O=C(NC1CCCCC1)c1ccnn1CC(F)(F)F. The minimum atomic E-state index is -4.38. The van der Waals surface area contributed by atoms with Gasteiger partial charge in [-0.2, -0.15) is 18.3 Å². The van der Waals surface area contributed by atoms with Crippen molar-refractivity contribution in [1.29, 1.82) is 0 Å². The van der Waals surface area contributed by atoms with Crippen molar-refractivity contribution in [2.45, 2.75) is 50.9 Å². The third-order valence-corrected chi connectivity index (χ3v) is 3.22. The fourth-order valence-corrected chi connectivity index (χ4v) is 2.33. The van der Waals surface area contributed by atoms with E-state index >= 15 is 0 Å². The monoisotopic (exact) mass is 275 g/mol. The number of hydrogen-bond acceptors (Lipinski definition) is 2. The number of nitrogens with zero attached hydrogens (tertiary/aromatic N) is 2. The van der Waals surface area contributed by atoms with Crippen LogP contribution in [0.4, 0.5) is 13.2 Å². The largest absolute Gasteiger partial charge is 0.408 e. The van der Waals surface area contributed by atoms with Crippen LogP contribution in [0.15, 0.2) is 12.3 Å². The second-order valence-corrected chi connectivity index (χ2v) is 4.80. The van der Waals surface area contributed by atoms with Crippen molar-refractivity contribution < 1.29 is 18.0 Å². The van der Waals surface area contributed by atoms with Gasteiger partial charge in [0.05, 0.1) is 0 Å². The van der Waals surface area contributed by atoms with E-state index in [2.05, 4.69) is 10.4 Å². The summed E-state index contributed by atoms with van der Waals surface area (Å²) in [5, 5.41) is 6.33. The lowest BCUT2D eigenvalue weighted by atomic mass is 9.95. The summed E-state index contributed by atoms with van der Waals surface area (Å²) < 4.78 is 37.7. The number of alkyl halides is 3. The zero-order valence-corrected chi connectivity index (χ0v) is 10.4. The Labute approximate surface area is 109 Å². The van der Waals surface area contributed by atoms with Gasteiger partial charge in [-0.3, -0.25) is 9.48 Å². The molecule has 0 aromatic carbocycles. The van der Waals surface area contributed by atoms with Crippen LogP contribution < -0.4 is 5.32 Å². The topological polar surface area (TPSA) is 46.9 Å². The maximum absolute atomic E-state index is 12.3. The first-order valence-electron chi connectivity index (χ1n) is 6.35. The van der Waals surface area contributed by atoms with E-state index in [0.717, 1.165) is 32.1 Å². The van der Waals surface area contributed by atoms with Crippen LogP contribution in [0.25, 0.3) is 0 Å². The molecule has 1 saturated carbocycles. The second-order valence-electron chi connectivity index (χ2n) is 4.80. The lowest BCUT2D eigenvalue weighted by Crippen LogP contribution is -2.37. The molecule has 1 aromatic rings. The standard InChI is InChI=1S/C12H16F3N3O/c13-12(14,15)8-18-10(6-7-16-18)11(19)17-9-4-2-1-3-5-9/h6-7,9H,1-5,8H2,(H,17,19). The van der Waals surface area contributed by atoms with Crippen molar-refractivity contribution in [3.8, 4) is 0 Å². The van der Waals surface area contributed by atoms with Gasteiger partial charge < -0.3 is 5.32 Å². The van der Waals surface area contributed by atoms with Gasteiger partial charge in [0.25, 0.3) is 5.91 Å². The van der Waals surface area contributed by atoms with Gasteiger partial charge in [0, 0.05) is 12.2 Å². The van der Waals surface area contributed by atoms with Crippen molar-refractivity contribution in [3.63, 3.8) is 0 Å². The Morgan fingerprint density at radius 3 is 2.68 bits per heavy atom. The first kappa shape index (κ1) is 13.9. The highest BCUT2D eigenvalue weighted by atomic mass is 19.4. The normalized spacial score (nSPS) is 17.4. The van der Waals surface area contributed by atoms with Crippen LogP contribution >= 0.6 is 0 Å². The molecule has 0 bridgehead atoms. The molecule has 1 aromatic heterocycles. The van der Waals surface area contributed by atoms with Gasteiger partial charge in [0.15, 0.2) is 0 Å². The minimum absolute atomic E-state index is 0.0390. The number of carbonyl (C=O) groups is 1. The highest BCUT2D eigenvalue weighted by molar-refractivity contribution is 5.92. The quantitative estimate of drug-likeness (QED) is 0.921. The minimum Gasteiger partial charge on any atom is -0.348 e. The second kappa shape index (κ2) is 5.63. The molecule has 19 heavy (non-hydrogen) atoms. The number of aromatic nitrogens is 2. The Balaban J connectivity index is 2.00. The Morgan fingerprint density at radius 1 is 1.37 bits per heavy atom. The Hall–Kier alpha value is -1.53. The van der Waals surface area contributed by atoms with Gasteiger partial charge in [-0.25, -0.2) is 0 Å². The molecular formula is C12H16F3N3O. The van der Waals surface area contributed by atoms with Gasteiger partial charge >= 0.3 is 6.18 Å². The molecular weight excluding hydrogens is 259 g/mol. The van der Waals surface area contributed by atoms with E-state index in [1.807, 2.05) is 0 Å². The van der Waals surface area contributed by atoms with Gasteiger partial charge in [-0.1, -0.05) is 19.3 Å². The van der Waals surface area contributed by atoms with Crippen molar-refractivity contribution in [1.82, 2.24) is 15.1 Å². The molecule has 1 heterocycles. The van der Waals surface area contributed by atoms with E-state index < -0.39 is 18.6 Å². The van der Waals surface area contributed by atoms with E-state index in [1.54, 1.807) is 0 Å². The molecule has 106 valence electrons. The van der Waals surface area contributed by atoms with Crippen molar-refractivity contribution in [2.24, 2.45) is 0 Å². The van der Waals surface area contributed by atoms with Crippen LogP contribution in [0.1, 0.15) is 42.6 Å². The van der Waals surface area contributed by atoms with E-state index in [9.17, 15) is 18.0 Å².